The molecule has 12 heteroatoms. The highest BCUT2D eigenvalue weighted by Crippen LogP contribution is 2.35. The monoisotopic (exact) mass is 565 g/mol. The Kier molecular flexibility index (Phi) is 8.97. The van der Waals surface area contributed by atoms with Crippen molar-refractivity contribution in [2.45, 2.75) is 44.5 Å². The summed E-state index contributed by atoms with van der Waals surface area (Å²) in [6.45, 7) is 7.32. The molecule has 0 saturated carbocycles. The normalized spacial score (nSPS) is 15.8. The molecule has 1 aromatic heterocycles. The van der Waals surface area contributed by atoms with Crippen LogP contribution in [-0.2, 0) is 23.6 Å². The van der Waals surface area contributed by atoms with E-state index >= 15 is 0 Å². The highest BCUT2D eigenvalue weighted by atomic mass is 19.4. The SMILES string of the molecule is C=NOC(=NCCN1CCC(c2ncc(-c3ccc(C(F)(F)F)c(CC)c3)[nH]2)CC1)c1cccc(C(F)(F)F)c1. The summed E-state index contributed by atoms with van der Waals surface area (Å²) in [5.41, 5.74) is 0.304. The fourth-order valence-corrected chi connectivity index (χ4v) is 4.81. The number of oxime groups is 1. The van der Waals surface area contributed by atoms with Crippen LogP contribution in [0.25, 0.3) is 11.3 Å². The second-order valence-electron chi connectivity index (χ2n) is 9.51. The lowest BCUT2D eigenvalue weighted by Gasteiger charge is -2.30. The lowest BCUT2D eigenvalue weighted by Crippen LogP contribution is -2.35. The minimum absolute atomic E-state index is 0.0337. The van der Waals surface area contributed by atoms with Gasteiger partial charge in [0.15, 0.2) is 0 Å². The molecule has 2 heterocycles. The number of hydrogen-bond donors (Lipinski definition) is 1. The molecule has 0 unspecified atom stereocenters. The topological polar surface area (TPSA) is 65.9 Å². The molecule has 1 fully saturated rings. The van der Waals surface area contributed by atoms with E-state index in [4.69, 9.17) is 4.84 Å². The Morgan fingerprint density at radius 1 is 1.07 bits per heavy atom. The van der Waals surface area contributed by atoms with Crippen molar-refractivity contribution in [3.8, 4) is 11.3 Å². The number of likely N-dealkylation sites (tertiary alicyclic amines) is 1. The number of rotatable bonds is 8. The van der Waals surface area contributed by atoms with E-state index in [2.05, 4.69) is 31.7 Å². The quantitative estimate of drug-likeness (QED) is 0.139. The fourth-order valence-electron chi connectivity index (χ4n) is 4.81. The van der Waals surface area contributed by atoms with Gasteiger partial charge in [-0.1, -0.05) is 24.2 Å². The number of aliphatic imine (C=N–C) groups is 1. The summed E-state index contributed by atoms with van der Waals surface area (Å²) in [5.74, 6) is 0.930. The predicted octanol–water partition coefficient (Wildman–Crippen LogP) is 6.94. The number of halogens is 6. The fraction of sp³-hybridized carbons (Fsp3) is 0.393. The van der Waals surface area contributed by atoms with Crippen LogP contribution in [0.15, 0.2) is 58.8 Å². The van der Waals surface area contributed by atoms with Gasteiger partial charge in [0.2, 0.25) is 0 Å². The zero-order valence-corrected chi connectivity index (χ0v) is 21.8. The zero-order chi connectivity index (χ0) is 28.9. The largest absolute Gasteiger partial charge is 0.416 e. The van der Waals surface area contributed by atoms with Crippen LogP contribution in [0.5, 0.6) is 0 Å². The van der Waals surface area contributed by atoms with Gasteiger partial charge in [0, 0.05) is 24.7 Å². The van der Waals surface area contributed by atoms with Crippen molar-refractivity contribution >= 4 is 12.6 Å². The third-order valence-electron chi connectivity index (χ3n) is 6.93. The molecule has 1 aliphatic rings. The number of benzene rings is 2. The maximum atomic E-state index is 13.2. The van der Waals surface area contributed by atoms with Crippen molar-refractivity contribution in [1.82, 2.24) is 14.9 Å². The van der Waals surface area contributed by atoms with Crippen LogP contribution < -0.4 is 0 Å². The van der Waals surface area contributed by atoms with E-state index in [0.29, 0.717) is 24.3 Å². The number of aryl methyl sites for hydroxylation is 1. The molecule has 40 heavy (non-hydrogen) atoms. The molecule has 2 aromatic carbocycles. The first kappa shape index (κ1) is 29.3. The average molecular weight is 566 g/mol. The van der Waals surface area contributed by atoms with E-state index in [0.717, 1.165) is 50.0 Å². The molecule has 1 saturated heterocycles. The highest BCUT2D eigenvalue weighted by Gasteiger charge is 2.33. The smallest absolute Gasteiger partial charge is 0.342 e. The second kappa shape index (κ2) is 12.2. The van der Waals surface area contributed by atoms with Gasteiger partial charge in [0.25, 0.3) is 5.90 Å². The lowest BCUT2D eigenvalue weighted by molar-refractivity contribution is -0.138. The van der Waals surface area contributed by atoms with Crippen molar-refractivity contribution in [2.75, 3.05) is 26.2 Å². The molecule has 0 amide bonds. The van der Waals surface area contributed by atoms with Gasteiger partial charge in [-0.15, -0.1) is 0 Å². The molecule has 1 N–H and O–H groups in total. The van der Waals surface area contributed by atoms with E-state index in [1.54, 1.807) is 19.2 Å². The first-order valence-electron chi connectivity index (χ1n) is 12.8. The van der Waals surface area contributed by atoms with E-state index in [-0.39, 0.29) is 29.4 Å². The summed E-state index contributed by atoms with van der Waals surface area (Å²) < 4.78 is 79.0. The summed E-state index contributed by atoms with van der Waals surface area (Å²) in [6, 6.07) is 8.82. The van der Waals surface area contributed by atoms with Crippen molar-refractivity contribution in [3.05, 3.63) is 76.7 Å². The molecule has 214 valence electrons. The molecule has 1 aliphatic heterocycles. The Morgan fingerprint density at radius 3 is 2.48 bits per heavy atom. The molecule has 0 radical (unpaired) electrons. The minimum atomic E-state index is -4.49. The molecule has 6 nitrogen and oxygen atoms in total. The van der Waals surface area contributed by atoms with E-state index < -0.39 is 23.5 Å². The van der Waals surface area contributed by atoms with E-state index in [1.807, 2.05) is 0 Å². The molecule has 0 bridgehead atoms. The van der Waals surface area contributed by atoms with Gasteiger partial charge in [-0.3, -0.25) is 0 Å². The maximum Gasteiger partial charge on any atom is 0.416 e. The van der Waals surface area contributed by atoms with Crippen molar-refractivity contribution < 1.29 is 31.2 Å². The number of hydrogen-bond acceptors (Lipinski definition) is 5. The second-order valence-corrected chi connectivity index (χ2v) is 9.51. The number of H-pyrrole nitrogens is 1. The Bertz CT molecular complexity index is 1340. The van der Waals surface area contributed by atoms with Crippen LogP contribution in [0, 0.1) is 0 Å². The van der Waals surface area contributed by atoms with Gasteiger partial charge in [0.05, 0.1) is 29.6 Å². The maximum absolute atomic E-state index is 13.2. The van der Waals surface area contributed by atoms with E-state index in [1.165, 1.54) is 18.2 Å². The van der Waals surface area contributed by atoms with Crippen LogP contribution in [0.2, 0.25) is 0 Å². The minimum Gasteiger partial charge on any atom is -0.342 e. The molecule has 0 spiro atoms. The van der Waals surface area contributed by atoms with Crippen molar-refractivity contribution in [2.24, 2.45) is 10.1 Å². The van der Waals surface area contributed by atoms with Gasteiger partial charge >= 0.3 is 12.4 Å². The number of nitrogens with zero attached hydrogens (tertiary/aromatic N) is 4. The van der Waals surface area contributed by atoms with Crippen LogP contribution >= 0.6 is 0 Å². The summed E-state index contributed by atoms with van der Waals surface area (Å²) in [4.78, 5) is 19.3. The predicted molar refractivity (Wildman–Crippen MR) is 140 cm³/mol. The Labute approximate surface area is 227 Å². The number of nitrogens with one attached hydrogen (secondary N) is 1. The third kappa shape index (κ3) is 7.09. The van der Waals surface area contributed by atoms with Crippen LogP contribution in [0.3, 0.4) is 0 Å². The zero-order valence-electron chi connectivity index (χ0n) is 21.8. The van der Waals surface area contributed by atoms with Crippen molar-refractivity contribution in [3.63, 3.8) is 0 Å². The van der Waals surface area contributed by atoms with Crippen LogP contribution in [0.4, 0.5) is 26.3 Å². The Balaban J connectivity index is 1.34. The molecule has 0 aliphatic carbocycles. The molecule has 3 aromatic rings. The van der Waals surface area contributed by atoms with Crippen molar-refractivity contribution in [1.29, 1.82) is 0 Å². The first-order chi connectivity index (χ1) is 19.0. The molecular formula is C28H29F6N5O. The van der Waals surface area contributed by atoms with Gasteiger partial charge < -0.3 is 14.7 Å². The number of piperidine rings is 1. The van der Waals surface area contributed by atoms with Gasteiger partial charge in [0.1, 0.15) is 5.82 Å². The number of aromatic nitrogens is 2. The molecule has 0 atom stereocenters. The van der Waals surface area contributed by atoms with Gasteiger partial charge in [-0.25, -0.2) is 9.98 Å². The van der Waals surface area contributed by atoms with Gasteiger partial charge in [-0.05, 0) is 73.8 Å². The molecule has 4 rings (SSSR count). The number of alkyl halides is 6. The third-order valence-corrected chi connectivity index (χ3v) is 6.93. The summed E-state index contributed by atoms with van der Waals surface area (Å²) in [5, 5.41) is 3.33. The number of aromatic amines is 1. The average Bonchev–Trinajstić information content (AvgIpc) is 3.42. The first-order valence-corrected chi connectivity index (χ1v) is 12.8. The van der Waals surface area contributed by atoms with Crippen LogP contribution in [-0.4, -0.2) is 53.7 Å². The summed E-state index contributed by atoms with van der Waals surface area (Å²) in [7, 11) is 0. The van der Waals surface area contributed by atoms with Crippen LogP contribution in [0.1, 0.15) is 53.8 Å². The standard InChI is InChI=1S/C28H29F6N5O/c1-3-18-15-20(7-8-23(18)28(32,33)34)24-17-37-25(38-24)19-9-12-39(13-10-19)14-11-36-26(40-35-2)21-5-4-6-22(16-21)27(29,30)31/h4-8,15-17,19H,2-3,9-14H2,1H3,(H,37,38). The summed E-state index contributed by atoms with van der Waals surface area (Å²) >= 11 is 0. The number of imidazole rings is 1. The lowest BCUT2D eigenvalue weighted by atomic mass is 9.96. The summed E-state index contributed by atoms with van der Waals surface area (Å²) in [6.07, 6.45) is -5.33. The van der Waals surface area contributed by atoms with E-state index in [9.17, 15) is 26.3 Å². The Morgan fingerprint density at radius 2 is 1.82 bits per heavy atom. The van der Waals surface area contributed by atoms with Gasteiger partial charge in [-0.2, -0.15) is 26.3 Å². The highest BCUT2D eigenvalue weighted by molar-refractivity contribution is 5.94. The Hall–Kier alpha value is -3.67. The molecular weight excluding hydrogens is 536 g/mol.